The van der Waals surface area contributed by atoms with Crippen LogP contribution in [0.2, 0.25) is 0 Å². The number of nitrogens with zero attached hydrogens (tertiary/aromatic N) is 1. The van der Waals surface area contributed by atoms with Crippen LogP contribution in [0, 0.1) is 13.8 Å². The number of hydrogen-bond acceptors (Lipinski definition) is 4. The summed E-state index contributed by atoms with van der Waals surface area (Å²) in [6.07, 6.45) is 0. The van der Waals surface area contributed by atoms with Crippen molar-refractivity contribution in [2.45, 2.75) is 13.8 Å². The van der Waals surface area contributed by atoms with Gasteiger partial charge >= 0.3 is 5.97 Å². The minimum absolute atomic E-state index is 0.0287. The second kappa shape index (κ2) is 5.24. The molecule has 0 aliphatic carbocycles. The van der Waals surface area contributed by atoms with Gasteiger partial charge in [-0.1, -0.05) is 6.07 Å². The van der Waals surface area contributed by atoms with Crippen molar-refractivity contribution in [1.82, 2.24) is 10.2 Å². The number of aromatic nitrogens is 2. The molecule has 0 unspecified atom stereocenters. The third-order valence-corrected chi connectivity index (χ3v) is 3.09. The summed E-state index contributed by atoms with van der Waals surface area (Å²) in [6.45, 7) is 3.84. The van der Waals surface area contributed by atoms with Crippen LogP contribution in [0.5, 0.6) is 11.5 Å². The average molecular weight is 276 g/mol. The van der Waals surface area contributed by atoms with Crippen LogP contribution in [-0.2, 0) is 0 Å². The first kappa shape index (κ1) is 13.9. The maximum atomic E-state index is 10.9. The Morgan fingerprint density at radius 3 is 2.30 bits per heavy atom. The lowest BCUT2D eigenvalue weighted by atomic mass is 10.00. The topological polar surface area (TPSA) is 84.4 Å². The van der Waals surface area contributed by atoms with Crippen molar-refractivity contribution >= 4 is 5.97 Å². The average Bonchev–Trinajstić information content (AvgIpc) is 2.87. The molecule has 0 atom stereocenters. The van der Waals surface area contributed by atoms with Gasteiger partial charge in [-0.15, -0.1) is 0 Å². The molecule has 106 valence electrons. The number of carbonyl (C=O) groups is 1. The Balaban J connectivity index is 2.68. The Morgan fingerprint density at radius 1 is 1.15 bits per heavy atom. The smallest absolute Gasteiger partial charge is 0.353 e. The maximum absolute atomic E-state index is 10.9. The molecule has 0 saturated heterocycles. The number of nitrogens with one attached hydrogen (secondary N) is 1. The van der Waals surface area contributed by atoms with Gasteiger partial charge in [-0.2, -0.15) is 5.10 Å². The van der Waals surface area contributed by atoms with E-state index in [0.29, 0.717) is 17.2 Å². The van der Waals surface area contributed by atoms with Gasteiger partial charge in [0.15, 0.2) is 11.5 Å². The van der Waals surface area contributed by atoms with Crippen LogP contribution in [0.15, 0.2) is 12.1 Å². The molecule has 6 heteroatoms. The number of carboxylic acids is 1. The Labute approximate surface area is 116 Å². The number of aryl methyl sites for hydroxylation is 2. The van der Waals surface area contributed by atoms with Crippen LogP contribution in [0.25, 0.3) is 11.3 Å². The predicted molar refractivity (Wildman–Crippen MR) is 73.6 cm³/mol. The fraction of sp³-hybridized carbons (Fsp3) is 0.286. The van der Waals surface area contributed by atoms with E-state index < -0.39 is 5.97 Å². The molecule has 1 heterocycles. The van der Waals surface area contributed by atoms with E-state index in [4.69, 9.17) is 14.6 Å². The summed E-state index contributed by atoms with van der Waals surface area (Å²) in [6, 6.07) is 3.42. The van der Waals surface area contributed by atoms with Gasteiger partial charge < -0.3 is 14.6 Å². The molecule has 2 rings (SSSR count). The normalized spacial score (nSPS) is 10.4. The van der Waals surface area contributed by atoms with Gasteiger partial charge in [0.05, 0.1) is 25.5 Å². The van der Waals surface area contributed by atoms with E-state index in [-0.39, 0.29) is 5.69 Å². The highest BCUT2D eigenvalue weighted by atomic mass is 16.5. The van der Waals surface area contributed by atoms with E-state index in [1.807, 2.05) is 19.9 Å². The number of rotatable bonds is 4. The summed E-state index contributed by atoms with van der Waals surface area (Å²) in [5.41, 5.74) is 3.14. The monoisotopic (exact) mass is 276 g/mol. The Bertz CT molecular complexity index is 661. The fourth-order valence-electron chi connectivity index (χ4n) is 2.26. The number of hydrogen-bond donors (Lipinski definition) is 2. The van der Waals surface area contributed by atoms with E-state index in [1.54, 1.807) is 14.2 Å². The third-order valence-electron chi connectivity index (χ3n) is 3.09. The second-order valence-electron chi connectivity index (χ2n) is 4.42. The molecular weight excluding hydrogens is 260 g/mol. The molecule has 0 aliphatic rings. The highest BCUT2D eigenvalue weighted by Crippen LogP contribution is 2.42. The standard InChI is InChI=1S/C14H16N2O4/c1-7-5-8(2)12(19-3)13(20-4)11(7)9-6-10(14(17)18)16-15-9/h5-6H,1-4H3,(H,15,16)(H,17,18). The second-order valence-corrected chi connectivity index (χ2v) is 4.42. The van der Waals surface area contributed by atoms with Crippen LogP contribution in [-0.4, -0.2) is 35.5 Å². The summed E-state index contributed by atoms with van der Waals surface area (Å²) < 4.78 is 10.8. The van der Waals surface area contributed by atoms with Gasteiger partial charge in [0.1, 0.15) is 5.69 Å². The molecule has 0 bridgehead atoms. The van der Waals surface area contributed by atoms with Crippen molar-refractivity contribution in [1.29, 1.82) is 0 Å². The lowest BCUT2D eigenvalue weighted by Gasteiger charge is -2.16. The summed E-state index contributed by atoms with van der Waals surface area (Å²) in [4.78, 5) is 10.9. The number of H-pyrrole nitrogens is 1. The SMILES string of the molecule is COc1c(C)cc(C)c(-c2cc(C(=O)O)[nH]n2)c1OC. The predicted octanol–water partition coefficient (Wildman–Crippen LogP) is 2.41. The van der Waals surface area contributed by atoms with Gasteiger partial charge in [-0.05, 0) is 31.0 Å². The summed E-state index contributed by atoms with van der Waals surface area (Å²) in [5, 5.41) is 15.5. The fourth-order valence-corrected chi connectivity index (χ4v) is 2.26. The van der Waals surface area contributed by atoms with Crippen molar-refractivity contribution < 1.29 is 19.4 Å². The van der Waals surface area contributed by atoms with Crippen molar-refractivity contribution in [2.75, 3.05) is 14.2 Å². The van der Waals surface area contributed by atoms with Gasteiger partial charge in [-0.25, -0.2) is 4.79 Å². The van der Waals surface area contributed by atoms with E-state index in [1.165, 1.54) is 6.07 Å². The van der Waals surface area contributed by atoms with Crippen LogP contribution < -0.4 is 9.47 Å². The zero-order chi connectivity index (χ0) is 14.9. The number of benzene rings is 1. The number of ether oxygens (including phenoxy) is 2. The quantitative estimate of drug-likeness (QED) is 0.895. The van der Waals surface area contributed by atoms with Crippen LogP contribution in [0.4, 0.5) is 0 Å². The lowest BCUT2D eigenvalue weighted by molar-refractivity contribution is 0.0690. The largest absolute Gasteiger partial charge is 0.493 e. The number of aromatic amines is 1. The van der Waals surface area contributed by atoms with Crippen molar-refractivity contribution in [2.24, 2.45) is 0 Å². The van der Waals surface area contributed by atoms with Gasteiger partial charge in [-0.3, -0.25) is 5.10 Å². The molecule has 0 fully saturated rings. The third kappa shape index (κ3) is 2.20. The summed E-state index contributed by atoms with van der Waals surface area (Å²) in [5.74, 6) is 0.112. The van der Waals surface area contributed by atoms with Crippen LogP contribution in [0.1, 0.15) is 21.6 Å². The molecule has 0 spiro atoms. The Kier molecular flexibility index (Phi) is 3.65. The van der Waals surface area contributed by atoms with Crippen molar-refractivity contribution in [3.63, 3.8) is 0 Å². The first-order valence-electron chi connectivity index (χ1n) is 6.00. The molecule has 0 amide bonds. The zero-order valence-electron chi connectivity index (χ0n) is 11.8. The van der Waals surface area contributed by atoms with Gasteiger partial charge in [0.2, 0.25) is 0 Å². The maximum Gasteiger partial charge on any atom is 0.353 e. The molecular formula is C14H16N2O4. The Hall–Kier alpha value is -2.50. The molecule has 1 aromatic heterocycles. The molecule has 2 aromatic rings. The van der Waals surface area contributed by atoms with E-state index >= 15 is 0 Å². The number of carboxylic acid groups (broad SMARTS) is 1. The highest BCUT2D eigenvalue weighted by molar-refractivity contribution is 5.88. The summed E-state index contributed by atoms with van der Waals surface area (Å²) >= 11 is 0. The van der Waals surface area contributed by atoms with Crippen LogP contribution >= 0.6 is 0 Å². The number of methoxy groups -OCH3 is 2. The molecule has 20 heavy (non-hydrogen) atoms. The highest BCUT2D eigenvalue weighted by Gasteiger charge is 2.20. The minimum atomic E-state index is -1.06. The van der Waals surface area contributed by atoms with E-state index in [0.717, 1.165) is 16.7 Å². The first-order valence-corrected chi connectivity index (χ1v) is 6.00. The lowest BCUT2D eigenvalue weighted by Crippen LogP contribution is -1.98. The van der Waals surface area contributed by atoms with Crippen molar-refractivity contribution in [3.05, 3.63) is 29.0 Å². The Morgan fingerprint density at radius 2 is 1.80 bits per heavy atom. The molecule has 0 radical (unpaired) electrons. The van der Waals surface area contributed by atoms with Crippen molar-refractivity contribution in [3.8, 4) is 22.8 Å². The van der Waals surface area contributed by atoms with Gasteiger partial charge in [0.25, 0.3) is 0 Å². The molecule has 1 aromatic carbocycles. The molecule has 0 saturated carbocycles. The van der Waals surface area contributed by atoms with Crippen LogP contribution in [0.3, 0.4) is 0 Å². The molecule has 0 aliphatic heterocycles. The van der Waals surface area contributed by atoms with E-state index in [2.05, 4.69) is 10.2 Å². The first-order chi connectivity index (χ1) is 9.49. The minimum Gasteiger partial charge on any atom is -0.493 e. The summed E-state index contributed by atoms with van der Waals surface area (Å²) in [7, 11) is 3.11. The molecule has 2 N–H and O–H groups in total. The molecule has 6 nitrogen and oxygen atoms in total. The number of aromatic carboxylic acids is 1. The van der Waals surface area contributed by atoms with E-state index in [9.17, 15) is 4.79 Å². The zero-order valence-corrected chi connectivity index (χ0v) is 11.8. The van der Waals surface area contributed by atoms with Gasteiger partial charge in [0, 0.05) is 0 Å².